The molecule has 0 bridgehead atoms. The van der Waals surface area contributed by atoms with E-state index in [0.29, 0.717) is 11.9 Å². The third-order valence-electron chi connectivity index (χ3n) is 4.01. The average Bonchev–Trinajstić information content (AvgIpc) is 2.74. The van der Waals surface area contributed by atoms with E-state index in [9.17, 15) is 27.6 Å². The van der Waals surface area contributed by atoms with Gasteiger partial charge in [-0.25, -0.2) is 8.87 Å². The van der Waals surface area contributed by atoms with E-state index in [1.807, 2.05) is 0 Å². The molecule has 0 radical (unpaired) electrons. The third kappa shape index (κ3) is 7.85. The number of benzene rings is 3. The first-order chi connectivity index (χ1) is 15.6. The Morgan fingerprint density at radius 1 is 0.909 bits per heavy atom. The van der Waals surface area contributed by atoms with Crippen molar-refractivity contribution in [3.8, 4) is 11.5 Å². The molecule has 0 saturated carbocycles. The first-order valence-corrected chi connectivity index (χ1v) is 12.0. The van der Waals surface area contributed by atoms with E-state index in [0.717, 1.165) is 16.4 Å². The van der Waals surface area contributed by atoms with Crippen molar-refractivity contribution in [2.24, 2.45) is 0 Å². The van der Waals surface area contributed by atoms with Crippen molar-refractivity contribution < 1.29 is 36.7 Å². The van der Waals surface area contributed by atoms with Gasteiger partial charge in [0.2, 0.25) is 0 Å². The van der Waals surface area contributed by atoms with Gasteiger partial charge in [-0.1, -0.05) is 42.5 Å². The van der Waals surface area contributed by atoms with Gasteiger partial charge < -0.3 is 14.2 Å². The van der Waals surface area contributed by atoms with Gasteiger partial charge in [0.1, 0.15) is 24.3 Å². The fourth-order valence-electron chi connectivity index (χ4n) is 2.69. The van der Waals surface area contributed by atoms with Gasteiger partial charge in [0.05, 0.1) is 5.56 Å². The Bertz CT molecular complexity index is 1070. The summed E-state index contributed by atoms with van der Waals surface area (Å²) in [5.74, 6) is -0.798. The van der Waals surface area contributed by atoms with Crippen molar-refractivity contribution >= 4 is 25.5 Å². The minimum absolute atomic E-state index is 0.122. The topological polar surface area (TPSA) is 76.1 Å². The van der Waals surface area contributed by atoms with Gasteiger partial charge in [0.25, 0.3) is 0 Å². The summed E-state index contributed by atoms with van der Waals surface area (Å²) in [4.78, 5) is 11.5. The Labute approximate surface area is 192 Å². The molecule has 0 spiro atoms. The zero-order valence-electron chi connectivity index (χ0n) is 17.0. The Hall–Kier alpha value is -2.94. The Morgan fingerprint density at radius 3 is 1.94 bits per heavy atom. The van der Waals surface area contributed by atoms with Crippen molar-refractivity contribution in [3.05, 3.63) is 90.5 Å². The number of para-hydroxylation sites is 2. The standard InChI is InChI=1S/C22H19F3NO5PS/c23-22(24,25)17-8-7-13-20(14-17)33-26(15-21(27)28)16-32(29,30-18-9-3-1-4-10-18)31-19-11-5-2-6-12-19/h1-14H,15-16H2,(H,27,28). The number of rotatable bonds is 10. The lowest BCUT2D eigenvalue weighted by atomic mass is 10.2. The summed E-state index contributed by atoms with van der Waals surface area (Å²) in [7, 11) is -4.04. The number of nitrogens with zero attached hydrogens (tertiary/aromatic N) is 1. The number of halogens is 3. The summed E-state index contributed by atoms with van der Waals surface area (Å²) in [6.45, 7) is -0.624. The van der Waals surface area contributed by atoms with Crippen molar-refractivity contribution in [1.82, 2.24) is 4.31 Å². The fraction of sp³-hybridized carbons (Fsp3) is 0.136. The summed E-state index contributed by atoms with van der Waals surface area (Å²) in [5, 5.41) is 9.32. The second-order valence-electron chi connectivity index (χ2n) is 6.71. The number of hydrogen-bond donors (Lipinski definition) is 1. The Kier molecular flexibility index (Phi) is 8.07. The highest BCUT2D eigenvalue weighted by atomic mass is 32.2. The fourth-order valence-corrected chi connectivity index (χ4v) is 5.67. The molecule has 0 atom stereocenters. The van der Waals surface area contributed by atoms with Gasteiger partial charge in [-0.05, 0) is 54.4 Å². The van der Waals surface area contributed by atoms with E-state index in [2.05, 4.69) is 0 Å². The van der Waals surface area contributed by atoms with Crippen molar-refractivity contribution in [3.63, 3.8) is 0 Å². The van der Waals surface area contributed by atoms with Crippen molar-refractivity contribution in [2.75, 3.05) is 12.8 Å². The average molecular weight is 497 g/mol. The molecule has 3 rings (SSSR count). The van der Waals surface area contributed by atoms with Crippen LogP contribution in [0.25, 0.3) is 0 Å². The number of carboxylic acid groups (broad SMARTS) is 1. The predicted molar refractivity (Wildman–Crippen MR) is 118 cm³/mol. The molecule has 0 aliphatic rings. The van der Waals surface area contributed by atoms with Crippen LogP contribution in [-0.2, 0) is 15.5 Å². The van der Waals surface area contributed by atoms with E-state index in [1.165, 1.54) is 12.1 Å². The molecule has 33 heavy (non-hydrogen) atoms. The van der Waals surface area contributed by atoms with Gasteiger partial charge in [-0.2, -0.15) is 13.2 Å². The third-order valence-corrected chi connectivity index (χ3v) is 6.85. The molecular weight excluding hydrogens is 478 g/mol. The van der Waals surface area contributed by atoms with Crippen molar-refractivity contribution in [1.29, 1.82) is 0 Å². The number of alkyl halides is 3. The van der Waals surface area contributed by atoms with E-state index >= 15 is 0 Å². The minimum atomic E-state index is -4.56. The predicted octanol–water partition coefficient (Wildman–Crippen LogP) is 6.41. The smallest absolute Gasteiger partial charge is 0.445 e. The van der Waals surface area contributed by atoms with Gasteiger partial charge in [-0.3, -0.25) is 4.79 Å². The number of carboxylic acids is 1. The second-order valence-corrected chi connectivity index (χ2v) is 9.75. The van der Waals surface area contributed by atoms with Crippen LogP contribution in [0.4, 0.5) is 13.2 Å². The molecule has 174 valence electrons. The minimum Gasteiger partial charge on any atom is -0.480 e. The van der Waals surface area contributed by atoms with Crippen LogP contribution < -0.4 is 9.05 Å². The SMILES string of the molecule is O=C(O)CN(CP(=O)(Oc1ccccc1)Oc1ccccc1)Sc1cccc(C(F)(F)F)c1. The molecule has 0 aliphatic heterocycles. The second kappa shape index (κ2) is 10.8. The summed E-state index contributed by atoms with van der Waals surface area (Å²) < 4.78 is 65.3. The number of hydrogen-bond acceptors (Lipinski definition) is 6. The summed E-state index contributed by atoms with van der Waals surface area (Å²) >= 11 is 0.716. The zero-order chi connectivity index (χ0) is 23.9. The maximum absolute atomic E-state index is 13.7. The van der Waals surface area contributed by atoms with Crippen LogP contribution in [0.5, 0.6) is 11.5 Å². The van der Waals surface area contributed by atoms with Crippen LogP contribution in [0.1, 0.15) is 5.56 Å². The molecule has 0 heterocycles. The number of aliphatic carboxylic acids is 1. The molecule has 3 aromatic carbocycles. The molecule has 0 fully saturated rings. The summed E-state index contributed by atoms with van der Waals surface area (Å²) in [6, 6.07) is 20.8. The van der Waals surface area contributed by atoms with Crippen LogP contribution in [0.15, 0.2) is 89.8 Å². The first kappa shape index (κ1) is 24.7. The van der Waals surface area contributed by atoms with E-state index in [-0.39, 0.29) is 16.4 Å². The normalized spacial score (nSPS) is 11.9. The molecule has 3 aromatic rings. The van der Waals surface area contributed by atoms with Crippen LogP contribution in [0.2, 0.25) is 0 Å². The monoisotopic (exact) mass is 497 g/mol. The van der Waals surface area contributed by atoms with Crippen LogP contribution in [0.3, 0.4) is 0 Å². The largest absolute Gasteiger partial charge is 0.480 e. The van der Waals surface area contributed by atoms with Crippen LogP contribution in [-0.4, -0.2) is 28.2 Å². The summed E-state index contributed by atoms with van der Waals surface area (Å²) in [5.41, 5.74) is -0.882. The molecule has 0 aromatic heterocycles. The van der Waals surface area contributed by atoms with E-state index in [4.69, 9.17) is 9.05 Å². The van der Waals surface area contributed by atoms with Gasteiger partial charge >= 0.3 is 19.7 Å². The van der Waals surface area contributed by atoms with Gasteiger partial charge in [0, 0.05) is 4.90 Å². The van der Waals surface area contributed by atoms with Gasteiger partial charge in [0.15, 0.2) is 0 Å². The highest BCUT2D eigenvalue weighted by Gasteiger charge is 2.34. The van der Waals surface area contributed by atoms with Crippen molar-refractivity contribution in [2.45, 2.75) is 11.1 Å². The molecule has 0 unspecified atom stereocenters. The maximum atomic E-state index is 13.7. The molecule has 1 N–H and O–H groups in total. The summed E-state index contributed by atoms with van der Waals surface area (Å²) in [6.07, 6.45) is -5.07. The molecule has 0 aliphatic carbocycles. The zero-order valence-corrected chi connectivity index (χ0v) is 18.7. The number of carbonyl (C=O) groups is 1. The highest BCUT2D eigenvalue weighted by Crippen LogP contribution is 2.50. The van der Waals surface area contributed by atoms with Gasteiger partial charge in [-0.15, -0.1) is 0 Å². The molecule has 0 amide bonds. The van der Waals surface area contributed by atoms with E-state index in [1.54, 1.807) is 60.7 Å². The van der Waals surface area contributed by atoms with Crippen LogP contribution in [0, 0.1) is 0 Å². The van der Waals surface area contributed by atoms with Crippen LogP contribution >= 0.6 is 19.5 Å². The quantitative estimate of drug-likeness (QED) is 0.256. The lowest BCUT2D eigenvalue weighted by Gasteiger charge is -2.26. The maximum Gasteiger partial charge on any atom is 0.445 e. The molecule has 6 nitrogen and oxygen atoms in total. The molecule has 11 heteroatoms. The highest BCUT2D eigenvalue weighted by molar-refractivity contribution is 7.97. The molecular formula is C22H19F3NO5PS. The molecule has 0 saturated heterocycles. The lowest BCUT2D eigenvalue weighted by molar-refractivity contribution is -0.138. The first-order valence-electron chi connectivity index (χ1n) is 9.53. The Morgan fingerprint density at radius 2 is 1.45 bits per heavy atom. The Balaban J connectivity index is 1.88. The lowest BCUT2D eigenvalue weighted by Crippen LogP contribution is -2.27. The van der Waals surface area contributed by atoms with E-state index < -0.39 is 38.1 Å².